The zero-order valence-corrected chi connectivity index (χ0v) is 14.5. The quantitative estimate of drug-likeness (QED) is 0.838. The van der Waals surface area contributed by atoms with Gasteiger partial charge in [0.15, 0.2) is 0 Å². The Morgan fingerprint density at radius 2 is 1.50 bits per heavy atom. The maximum Gasteiger partial charge on any atom is 0.255 e. The number of nitrogens with zero attached hydrogens (tertiary/aromatic N) is 3. The first-order valence-electron chi connectivity index (χ1n) is 9.19. The Bertz CT molecular complexity index is 565. The molecule has 1 aromatic heterocycles. The topological polar surface area (TPSA) is 53.5 Å². The summed E-state index contributed by atoms with van der Waals surface area (Å²) in [5, 5.41) is 0. The first-order chi connectivity index (χ1) is 11.6. The molecule has 0 radical (unpaired) electrons. The Morgan fingerprint density at radius 3 is 2.12 bits per heavy atom. The van der Waals surface area contributed by atoms with Gasteiger partial charge in [-0.1, -0.05) is 19.8 Å². The molecule has 24 heavy (non-hydrogen) atoms. The minimum absolute atomic E-state index is 0.000401. The van der Waals surface area contributed by atoms with Crippen molar-refractivity contribution < 1.29 is 9.59 Å². The molecule has 0 aromatic carbocycles. The lowest BCUT2D eigenvalue weighted by Crippen LogP contribution is -2.39. The van der Waals surface area contributed by atoms with Crippen LogP contribution in [0.3, 0.4) is 0 Å². The third-order valence-corrected chi connectivity index (χ3v) is 5.07. The van der Waals surface area contributed by atoms with Gasteiger partial charge in [-0.2, -0.15) is 0 Å². The summed E-state index contributed by atoms with van der Waals surface area (Å²) in [6, 6.07) is 1.72. The molecule has 5 nitrogen and oxygen atoms in total. The maximum atomic E-state index is 12.7. The van der Waals surface area contributed by atoms with E-state index in [1.807, 2.05) is 9.80 Å². The van der Waals surface area contributed by atoms with E-state index in [0.717, 1.165) is 45.4 Å². The fraction of sp³-hybridized carbons (Fsp3) is 0.632. The molecule has 2 amide bonds. The molecule has 0 saturated carbocycles. The summed E-state index contributed by atoms with van der Waals surface area (Å²) < 4.78 is 0. The minimum atomic E-state index is -0.000401. The number of hydrogen-bond acceptors (Lipinski definition) is 3. The Morgan fingerprint density at radius 1 is 0.917 bits per heavy atom. The predicted molar refractivity (Wildman–Crippen MR) is 92.9 cm³/mol. The van der Waals surface area contributed by atoms with Crippen LogP contribution in [-0.4, -0.2) is 52.8 Å². The molecule has 0 aliphatic carbocycles. The second kappa shape index (κ2) is 7.77. The zero-order chi connectivity index (χ0) is 16.9. The number of hydrogen-bond donors (Lipinski definition) is 0. The number of piperidine rings is 1. The summed E-state index contributed by atoms with van der Waals surface area (Å²) in [5.74, 6) is 0.545. The van der Waals surface area contributed by atoms with E-state index in [1.165, 1.54) is 19.3 Å². The van der Waals surface area contributed by atoms with Crippen molar-refractivity contribution in [3.63, 3.8) is 0 Å². The molecule has 2 fully saturated rings. The van der Waals surface area contributed by atoms with E-state index in [0.29, 0.717) is 17.0 Å². The van der Waals surface area contributed by atoms with Crippen molar-refractivity contribution in [2.75, 3.05) is 26.2 Å². The molecule has 5 heteroatoms. The average molecular weight is 329 g/mol. The Hall–Kier alpha value is -1.91. The summed E-state index contributed by atoms with van der Waals surface area (Å²) in [7, 11) is 0. The SMILES string of the molecule is CC1CCCN(C(=O)c2cncc(C(=O)N3CCCCCC3)c2)C1. The first-order valence-corrected chi connectivity index (χ1v) is 9.19. The molecule has 0 N–H and O–H groups in total. The van der Waals surface area contributed by atoms with E-state index < -0.39 is 0 Å². The van der Waals surface area contributed by atoms with Crippen LogP contribution in [0.15, 0.2) is 18.5 Å². The molecule has 2 aliphatic rings. The smallest absolute Gasteiger partial charge is 0.255 e. The van der Waals surface area contributed by atoms with Crippen LogP contribution in [0.1, 0.15) is 66.2 Å². The number of amides is 2. The Balaban J connectivity index is 1.73. The van der Waals surface area contributed by atoms with Gasteiger partial charge in [-0.25, -0.2) is 0 Å². The molecule has 130 valence electrons. The minimum Gasteiger partial charge on any atom is -0.339 e. The molecule has 1 aromatic rings. The standard InChI is InChI=1S/C19H27N3O2/c1-15-7-6-10-22(14-15)19(24)17-11-16(12-20-13-17)18(23)21-8-4-2-3-5-9-21/h11-13,15H,2-10,14H2,1H3. The van der Waals surface area contributed by atoms with Gasteiger partial charge in [0.25, 0.3) is 11.8 Å². The lowest BCUT2D eigenvalue weighted by Gasteiger charge is -2.31. The summed E-state index contributed by atoms with van der Waals surface area (Å²) in [5.41, 5.74) is 1.07. The number of aromatic nitrogens is 1. The van der Waals surface area contributed by atoms with Gasteiger partial charge in [-0.3, -0.25) is 14.6 Å². The van der Waals surface area contributed by atoms with Gasteiger partial charge in [0, 0.05) is 38.6 Å². The lowest BCUT2D eigenvalue weighted by atomic mass is 9.99. The molecule has 3 heterocycles. The van der Waals surface area contributed by atoms with E-state index in [9.17, 15) is 9.59 Å². The largest absolute Gasteiger partial charge is 0.339 e. The van der Waals surface area contributed by atoms with Gasteiger partial charge in [0.1, 0.15) is 0 Å². The van der Waals surface area contributed by atoms with Crippen LogP contribution in [0, 0.1) is 5.92 Å². The molecule has 1 atom stereocenters. The third-order valence-electron chi connectivity index (χ3n) is 5.07. The fourth-order valence-electron chi connectivity index (χ4n) is 3.69. The van der Waals surface area contributed by atoms with E-state index in [1.54, 1.807) is 18.5 Å². The number of likely N-dealkylation sites (tertiary alicyclic amines) is 2. The lowest BCUT2D eigenvalue weighted by molar-refractivity contribution is 0.0682. The second-order valence-corrected chi connectivity index (χ2v) is 7.17. The van der Waals surface area contributed by atoms with Gasteiger partial charge in [0.05, 0.1) is 11.1 Å². The highest BCUT2D eigenvalue weighted by Gasteiger charge is 2.24. The van der Waals surface area contributed by atoms with Gasteiger partial charge < -0.3 is 9.80 Å². The molecule has 3 rings (SSSR count). The molecule has 0 spiro atoms. The van der Waals surface area contributed by atoms with Gasteiger partial charge in [-0.15, -0.1) is 0 Å². The normalized spacial score (nSPS) is 22.1. The van der Waals surface area contributed by atoms with Crippen molar-refractivity contribution in [3.05, 3.63) is 29.6 Å². The number of rotatable bonds is 2. The Kier molecular flexibility index (Phi) is 5.48. The Labute approximate surface area is 144 Å². The molecular formula is C19H27N3O2. The van der Waals surface area contributed by atoms with Gasteiger partial charge >= 0.3 is 0 Å². The van der Waals surface area contributed by atoms with Crippen LogP contribution in [0.25, 0.3) is 0 Å². The first kappa shape index (κ1) is 16.9. The van der Waals surface area contributed by atoms with Crippen molar-refractivity contribution in [1.82, 2.24) is 14.8 Å². The van der Waals surface area contributed by atoms with Gasteiger partial charge in [0.2, 0.25) is 0 Å². The third kappa shape index (κ3) is 3.94. The van der Waals surface area contributed by atoms with E-state index >= 15 is 0 Å². The number of pyridine rings is 1. The zero-order valence-electron chi connectivity index (χ0n) is 14.5. The van der Waals surface area contributed by atoms with Crippen LogP contribution < -0.4 is 0 Å². The molecule has 2 saturated heterocycles. The van der Waals surface area contributed by atoms with Crippen LogP contribution in [0.4, 0.5) is 0 Å². The highest BCUT2D eigenvalue weighted by Crippen LogP contribution is 2.19. The van der Waals surface area contributed by atoms with Crippen molar-refractivity contribution in [1.29, 1.82) is 0 Å². The second-order valence-electron chi connectivity index (χ2n) is 7.17. The highest BCUT2D eigenvalue weighted by atomic mass is 16.2. The summed E-state index contributed by atoms with van der Waals surface area (Å²) >= 11 is 0. The predicted octanol–water partition coefficient (Wildman–Crippen LogP) is 2.97. The van der Waals surface area contributed by atoms with Crippen LogP contribution in [0.5, 0.6) is 0 Å². The summed E-state index contributed by atoms with van der Waals surface area (Å²) in [4.78, 5) is 33.4. The van der Waals surface area contributed by atoms with Crippen molar-refractivity contribution in [2.45, 2.75) is 45.4 Å². The molecule has 0 bridgehead atoms. The average Bonchev–Trinajstić information content (AvgIpc) is 2.90. The molecular weight excluding hydrogens is 302 g/mol. The molecule has 2 aliphatic heterocycles. The summed E-state index contributed by atoms with van der Waals surface area (Å²) in [6.07, 6.45) is 9.89. The summed E-state index contributed by atoms with van der Waals surface area (Å²) in [6.45, 7) is 5.38. The van der Waals surface area contributed by atoms with E-state index in [2.05, 4.69) is 11.9 Å². The van der Waals surface area contributed by atoms with E-state index in [4.69, 9.17) is 0 Å². The van der Waals surface area contributed by atoms with Crippen molar-refractivity contribution >= 4 is 11.8 Å². The van der Waals surface area contributed by atoms with Crippen LogP contribution >= 0.6 is 0 Å². The monoisotopic (exact) mass is 329 g/mol. The van der Waals surface area contributed by atoms with Crippen molar-refractivity contribution in [3.8, 4) is 0 Å². The number of carbonyl (C=O) groups excluding carboxylic acids is 2. The maximum absolute atomic E-state index is 12.7. The van der Waals surface area contributed by atoms with Crippen LogP contribution in [-0.2, 0) is 0 Å². The fourth-order valence-corrected chi connectivity index (χ4v) is 3.69. The highest BCUT2D eigenvalue weighted by molar-refractivity contribution is 5.99. The van der Waals surface area contributed by atoms with E-state index in [-0.39, 0.29) is 11.8 Å². The number of carbonyl (C=O) groups is 2. The van der Waals surface area contributed by atoms with Crippen LogP contribution in [0.2, 0.25) is 0 Å². The van der Waals surface area contributed by atoms with Gasteiger partial charge in [-0.05, 0) is 37.7 Å². The van der Waals surface area contributed by atoms with Crippen molar-refractivity contribution in [2.24, 2.45) is 5.92 Å². The molecule has 1 unspecified atom stereocenters.